The van der Waals surface area contributed by atoms with Gasteiger partial charge in [-0.1, -0.05) is 42.5 Å². The van der Waals surface area contributed by atoms with Gasteiger partial charge in [0, 0.05) is 36.8 Å². The van der Waals surface area contributed by atoms with Crippen molar-refractivity contribution in [3.63, 3.8) is 0 Å². The molecule has 1 N–H and O–H groups in total. The minimum Gasteiger partial charge on any atom is -0.309 e. The average Bonchev–Trinajstić information content (AvgIpc) is 3.38. The molecule has 1 aliphatic carbocycles. The maximum atomic E-state index is 13.0. The van der Waals surface area contributed by atoms with Gasteiger partial charge in [0.05, 0.1) is 6.54 Å². The van der Waals surface area contributed by atoms with Gasteiger partial charge in [0.2, 0.25) is 5.91 Å². The summed E-state index contributed by atoms with van der Waals surface area (Å²) in [6, 6.07) is 17.0. The van der Waals surface area contributed by atoms with Crippen molar-refractivity contribution < 1.29 is 18.0 Å². The van der Waals surface area contributed by atoms with Crippen LogP contribution in [0.25, 0.3) is 10.8 Å². The van der Waals surface area contributed by atoms with E-state index >= 15 is 0 Å². The van der Waals surface area contributed by atoms with Crippen LogP contribution in [0.2, 0.25) is 0 Å². The van der Waals surface area contributed by atoms with Gasteiger partial charge in [-0.2, -0.15) is 23.4 Å². The molecule has 0 unspecified atom stereocenters. The first-order chi connectivity index (χ1) is 15.9. The number of hydrogen-bond acceptors (Lipinski definition) is 3. The zero-order valence-electron chi connectivity index (χ0n) is 17.7. The fourth-order valence-corrected chi connectivity index (χ4v) is 3.99. The summed E-state index contributed by atoms with van der Waals surface area (Å²) in [5, 5.41) is 13.1. The molecule has 170 valence electrons. The molecule has 33 heavy (non-hydrogen) atoms. The molecule has 4 aromatic rings. The molecule has 1 saturated carbocycles. The molecule has 2 heterocycles. The Morgan fingerprint density at radius 1 is 1.06 bits per heavy atom. The number of halogens is 3. The monoisotopic (exact) mass is 453 g/mol. The van der Waals surface area contributed by atoms with E-state index in [1.165, 1.54) is 4.68 Å². The van der Waals surface area contributed by atoms with Crippen molar-refractivity contribution in [2.24, 2.45) is 0 Å². The van der Waals surface area contributed by atoms with Gasteiger partial charge in [-0.3, -0.25) is 14.2 Å². The lowest BCUT2D eigenvalue weighted by Gasteiger charge is -2.08. The summed E-state index contributed by atoms with van der Waals surface area (Å²) < 4.78 is 42.2. The van der Waals surface area contributed by atoms with Crippen molar-refractivity contribution in [1.82, 2.24) is 19.6 Å². The second-order valence-electron chi connectivity index (χ2n) is 8.28. The van der Waals surface area contributed by atoms with Crippen molar-refractivity contribution >= 4 is 22.5 Å². The third-order valence-electron chi connectivity index (χ3n) is 5.77. The maximum Gasteiger partial charge on any atom is 0.435 e. The molecular weight excluding hydrogens is 431 g/mol. The predicted molar refractivity (Wildman–Crippen MR) is 118 cm³/mol. The SMILES string of the molecule is O=C(CCn1nc(C(F)(F)F)cc1C1CC1)Nc1ccn(Cc2cccc3ccccc23)n1. The van der Waals surface area contributed by atoms with Gasteiger partial charge in [0.1, 0.15) is 0 Å². The van der Waals surface area contributed by atoms with Crippen LogP contribution in [0.3, 0.4) is 0 Å². The molecule has 0 atom stereocenters. The second-order valence-corrected chi connectivity index (χ2v) is 8.28. The number of alkyl halides is 3. The third kappa shape index (κ3) is 4.76. The summed E-state index contributed by atoms with van der Waals surface area (Å²) in [6.45, 7) is 0.639. The van der Waals surface area contributed by atoms with Gasteiger partial charge in [0.15, 0.2) is 11.5 Å². The fraction of sp³-hybridized carbons (Fsp3) is 0.292. The zero-order chi connectivity index (χ0) is 23.0. The van der Waals surface area contributed by atoms with E-state index in [1.54, 1.807) is 16.9 Å². The molecule has 0 radical (unpaired) electrons. The van der Waals surface area contributed by atoms with Crippen LogP contribution in [0.4, 0.5) is 19.0 Å². The lowest BCUT2D eigenvalue weighted by Crippen LogP contribution is -2.17. The third-order valence-corrected chi connectivity index (χ3v) is 5.77. The minimum atomic E-state index is -4.49. The molecule has 0 bridgehead atoms. The first-order valence-corrected chi connectivity index (χ1v) is 10.8. The normalized spacial score (nSPS) is 14.0. The number of benzene rings is 2. The number of nitrogens with one attached hydrogen (secondary N) is 1. The van der Waals surface area contributed by atoms with Gasteiger partial charge >= 0.3 is 6.18 Å². The molecule has 1 amide bonds. The molecule has 1 fully saturated rings. The maximum absolute atomic E-state index is 13.0. The zero-order valence-corrected chi connectivity index (χ0v) is 17.7. The van der Waals surface area contributed by atoms with E-state index in [0.717, 1.165) is 35.2 Å². The van der Waals surface area contributed by atoms with Gasteiger partial charge in [0.25, 0.3) is 0 Å². The summed E-state index contributed by atoms with van der Waals surface area (Å²) >= 11 is 0. The molecule has 0 saturated heterocycles. The molecule has 9 heteroatoms. The largest absolute Gasteiger partial charge is 0.435 e. The van der Waals surface area contributed by atoms with E-state index < -0.39 is 11.9 Å². The van der Waals surface area contributed by atoms with Crippen molar-refractivity contribution in [3.05, 3.63) is 77.7 Å². The fourth-order valence-electron chi connectivity index (χ4n) is 3.99. The summed E-state index contributed by atoms with van der Waals surface area (Å²) in [6.07, 6.45) is -0.999. The highest BCUT2D eigenvalue weighted by atomic mass is 19.4. The van der Waals surface area contributed by atoms with Gasteiger partial charge in [-0.05, 0) is 35.2 Å². The van der Waals surface area contributed by atoms with Crippen LogP contribution in [0.5, 0.6) is 0 Å². The topological polar surface area (TPSA) is 64.7 Å². The Hall–Kier alpha value is -3.62. The number of fused-ring (bicyclic) bond motifs is 1. The number of anilines is 1. The number of carbonyl (C=O) groups is 1. The van der Waals surface area contributed by atoms with E-state index in [0.29, 0.717) is 18.1 Å². The van der Waals surface area contributed by atoms with Crippen molar-refractivity contribution in [2.75, 3.05) is 5.32 Å². The Labute approximate surface area is 188 Å². The molecule has 6 nitrogen and oxygen atoms in total. The number of hydrogen-bond donors (Lipinski definition) is 1. The van der Waals surface area contributed by atoms with Crippen molar-refractivity contribution in [2.45, 2.75) is 44.4 Å². The van der Waals surface area contributed by atoms with Gasteiger partial charge in [-0.25, -0.2) is 0 Å². The van der Waals surface area contributed by atoms with Gasteiger partial charge in [-0.15, -0.1) is 0 Å². The molecule has 0 aliphatic heterocycles. The Balaban J connectivity index is 1.22. The number of amides is 1. The van der Waals surface area contributed by atoms with Crippen LogP contribution in [0.1, 0.15) is 42.1 Å². The Kier molecular flexibility index (Phi) is 5.39. The molecule has 2 aromatic heterocycles. The van der Waals surface area contributed by atoms with Gasteiger partial charge < -0.3 is 5.32 Å². The quantitative estimate of drug-likeness (QED) is 0.418. The highest BCUT2D eigenvalue weighted by Gasteiger charge is 2.37. The molecule has 5 rings (SSSR count). The molecule has 0 spiro atoms. The predicted octanol–water partition coefficient (Wildman–Crippen LogP) is 5.21. The smallest absolute Gasteiger partial charge is 0.309 e. The first kappa shape index (κ1) is 21.2. The number of carbonyl (C=O) groups excluding carboxylic acids is 1. The number of aromatic nitrogens is 4. The van der Waals surface area contributed by atoms with Crippen molar-refractivity contribution in [3.8, 4) is 0 Å². The van der Waals surface area contributed by atoms with Crippen LogP contribution in [0, 0.1) is 0 Å². The Morgan fingerprint density at radius 3 is 2.64 bits per heavy atom. The number of rotatable bonds is 7. The van der Waals surface area contributed by atoms with E-state index in [2.05, 4.69) is 33.7 Å². The Bertz CT molecular complexity index is 1300. The van der Waals surface area contributed by atoms with Crippen molar-refractivity contribution in [1.29, 1.82) is 0 Å². The lowest BCUT2D eigenvalue weighted by molar-refractivity contribution is -0.141. The summed E-state index contributed by atoms with van der Waals surface area (Å²) in [5.41, 5.74) is 0.757. The Morgan fingerprint density at radius 2 is 1.85 bits per heavy atom. The first-order valence-electron chi connectivity index (χ1n) is 10.8. The summed E-state index contributed by atoms with van der Waals surface area (Å²) in [5.74, 6) is 0.178. The van der Waals surface area contributed by atoms with Crippen LogP contribution in [0.15, 0.2) is 60.8 Å². The van der Waals surface area contributed by atoms with Crippen LogP contribution in [-0.4, -0.2) is 25.5 Å². The van der Waals surface area contributed by atoms with E-state index in [-0.39, 0.29) is 24.8 Å². The average molecular weight is 453 g/mol. The highest BCUT2D eigenvalue weighted by molar-refractivity contribution is 5.89. The minimum absolute atomic E-state index is 0.00881. The summed E-state index contributed by atoms with van der Waals surface area (Å²) in [4.78, 5) is 12.4. The molecular formula is C24H22F3N5O. The van der Waals surface area contributed by atoms with Crippen LogP contribution < -0.4 is 5.32 Å². The van der Waals surface area contributed by atoms with E-state index in [4.69, 9.17) is 0 Å². The van der Waals surface area contributed by atoms with E-state index in [1.807, 2.05) is 24.3 Å². The number of nitrogens with zero attached hydrogens (tertiary/aromatic N) is 4. The summed E-state index contributed by atoms with van der Waals surface area (Å²) in [7, 11) is 0. The standard InChI is InChI=1S/C24H22F3N5O/c25-24(26,27)21-14-20(17-8-9-17)32(29-21)13-11-23(33)28-22-10-12-31(30-22)15-18-6-3-5-16-4-1-2-7-19(16)18/h1-7,10,12,14,17H,8-9,11,13,15H2,(H,28,30,33). The molecule has 1 aliphatic rings. The number of aryl methyl sites for hydroxylation is 1. The van der Waals surface area contributed by atoms with Crippen LogP contribution in [-0.2, 0) is 24.1 Å². The second kappa shape index (κ2) is 8.38. The molecule has 2 aromatic carbocycles. The van der Waals surface area contributed by atoms with E-state index in [9.17, 15) is 18.0 Å². The highest BCUT2D eigenvalue weighted by Crippen LogP contribution is 2.42. The lowest BCUT2D eigenvalue weighted by atomic mass is 10.0. The van der Waals surface area contributed by atoms with Crippen LogP contribution >= 0.6 is 0 Å².